The summed E-state index contributed by atoms with van der Waals surface area (Å²) in [5, 5.41) is 0.715. The molecule has 4 nitrogen and oxygen atoms in total. The highest BCUT2D eigenvalue weighted by molar-refractivity contribution is 7.98. The maximum Gasteiger partial charge on any atom is 0.279 e. The highest BCUT2D eigenvalue weighted by Crippen LogP contribution is 2.30. The summed E-state index contributed by atoms with van der Waals surface area (Å²) in [6.07, 6.45) is 3.73. The molecule has 0 saturated carbocycles. The molecule has 2 aromatic carbocycles. The van der Waals surface area contributed by atoms with Gasteiger partial charge in [-0.25, -0.2) is 4.98 Å². The molecule has 29 heavy (non-hydrogen) atoms. The van der Waals surface area contributed by atoms with Crippen LogP contribution in [-0.2, 0) is 19.3 Å². The minimum absolute atomic E-state index is 0.0358. The molecule has 5 heteroatoms. The van der Waals surface area contributed by atoms with E-state index in [9.17, 15) is 4.79 Å². The van der Waals surface area contributed by atoms with Gasteiger partial charge in [0, 0.05) is 31.1 Å². The Labute approximate surface area is 174 Å². The van der Waals surface area contributed by atoms with Gasteiger partial charge in [0.05, 0.1) is 0 Å². The van der Waals surface area contributed by atoms with Gasteiger partial charge in [-0.2, -0.15) is 0 Å². The zero-order valence-corrected chi connectivity index (χ0v) is 17.4. The average Bonchev–Trinajstić information content (AvgIpc) is 3.06. The van der Waals surface area contributed by atoms with E-state index in [0.29, 0.717) is 17.2 Å². The van der Waals surface area contributed by atoms with Gasteiger partial charge < -0.3 is 4.57 Å². The summed E-state index contributed by atoms with van der Waals surface area (Å²) in [4.78, 5) is 18.3. The fourth-order valence-electron chi connectivity index (χ4n) is 3.53. The van der Waals surface area contributed by atoms with Crippen LogP contribution in [0.5, 0.6) is 0 Å². The number of allylic oxidation sites excluding steroid dienone is 1. The second-order valence-corrected chi connectivity index (χ2v) is 8.04. The monoisotopic (exact) mass is 401 g/mol. The minimum atomic E-state index is -0.0358. The van der Waals surface area contributed by atoms with Gasteiger partial charge in [-0.15, -0.1) is 6.58 Å². The van der Waals surface area contributed by atoms with Crippen molar-refractivity contribution >= 4 is 22.8 Å². The highest BCUT2D eigenvalue weighted by atomic mass is 32.2. The van der Waals surface area contributed by atoms with E-state index in [1.165, 1.54) is 11.1 Å². The molecule has 0 unspecified atom stereocenters. The van der Waals surface area contributed by atoms with Gasteiger partial charge in [0.2, 0.25) is 0 Å². The molecule has 0 spiro atoms. The van der Waals surface area contributed by atoms with E-state index in [-0.39, 0.29) is 5.56 Å². The largest absolute Gasteiger partial charge is 0.344 e. The fraction of sp³-hybridized carbons (Fsp3) is 0.167. The van der Waals surface area contributed by atoms with Crippen LogP contribution in [0.1, 0.15) is 11.1 Å². The number of hydrogen-bond acceptors (Lipinski definition) is 3. The van der Waals surface area contributed by atoms with Gasteiger partial charge in [0.1, 0.15) is 11.0 Å². The zero-order chi connectivity index (χ0) is 20.4. The van der Waals surface area contributed by atoms with Crippen LogP contribution < -0.4 is 5.56 Å². The molecular formula is C24H23N3OS. The Balaban J connectivity index is 1.85. The maximum absolute atomic E-state index is 13.3. The third kappa shape index (κ3) is 3.78. The van der Waals surface area contributed by atoms with Crippen molar-refractivity contribution in [3.8, 4) is 11.1 Å². The zero-order valence-electron chi connectivity index (χ0n) is 16.6. The SMILES string of the molecule is C=CCn1c(SCc2cccc(C)c2)nc2c(-c3ccccc3)cn(C)c2c1=O. The number of nitrogens with zero attached hydrogens (tertiary/aromatic N) is 3. The topological polar surface area (TPSA) is 39.8 Å². The van der Waals surface area contributed by atoms with Crippen LogP contribution in [0, 0.1) is 6.92 Å². The van der Waals surface area contributed by atoms with Crippen LogP contribution in [0.15, 0.2) is 83.4 Å². The number of aryl methyl sites for hydroxylation is 2. The van der Waals surface area contributed by atoms with Crippen LogP contribution in [0.25, 0.3) is 22.2 Å². The van der Waals surface area contributed by atoms with E-state index >= 15 is 0 Å². The molecule has 0 atom stereocenters. The molecule has 0 aliphatic carbocycles. The molecule has 0 saturated heterocycles. The van der Waals surface area contributed by atoms with Gasteiger partial charge in [-0.3, -0.25) is 9.36 Å². The number of aromatic nitrogens is 3. The van der Waals surface area contributed by atoms with E-state index < -0.39 is 0 Å². The van der Waals surface area contributed by atoms with E-state index in [4.69, 9.17) is 4.98 Å². The molecule has 146 valence electrons. The number of hydrogen-bond donors (Lipinski definition) is 0. The van der Waals surface area contributed by atoms with Crippen LogP contribution in [0.3, 0.4) is 0 Å². The highest BCUT2D eigenvalue weighted by Gasteiger charge is 2.18. The summed E-state index contributed by atoms with van der Waals surface area (Å²) in [5.41, 5.74) is 5.80. The Hall–Kier alpha value is -3.05. The number of fused-ring (bicyclic) bond motifs is 1. The third-order valence-corrected chi connectivity index (χ3v) is 5.94. The predicted molar refractivity (Wildman–Crippen MR) is 121 cm³/mol. The van der Waals surface area contributed by atoms with Crippen LogP contribution in [0.4, 0.5) is 0 Å². The smallest absolute Gasteiger partial charge is 0.279 e. The lowest BCUT2D eigenvalue weighted by atomic mass is 10.1. The summed E-state index contributed by atoms with van der Waals surface area (Å²) in [6, 6.07) is 18.5. The second kappa shape index (κ2) is 8.13. The lowest BCUT2D eigenvalue weighted by molar-refractivity contribution is 0.667. The number of rotatable bonds is 6. The lowest BCUT2D eigenvalue weighted by Gasteiger charge is -2.11. The first-order valence-electron chi connectivity index (χ1n) is 9.53. The number of thioether (sulfide) groups is 1. The van der Waals surface area contributed by atoms with Crippen molar-refractivity contribution in [3.05, 3.63) is 94.9 Å². The Bertz CT molecular complexity index is 1240. The van der Waals surface area contributed by atoms with Gasteiger partial charge in [0.25, 0.3) is 5.56 Å². The quantitative estimate of drug-likeness (QED) is 0.254. The minimum Gasteiger partial charge on any atom is -0.344 e. The van der Waals surface area contributed by atoms with E-state index in [1.54, 1.807) is 22.4 Å². The van der Waals surface area contributed by atoms with E-state index in [2.05, 4.69) is 37.8 Å². The van der Waals surface area contributed by atoms with Crippen molar-refractivity contribution in [2.45, 2.75) is 24.4 Å². The van der Waals surface area contributed by atoms with Crippen molar-refractivity contribution in [3.63, 3.8) is 0 Å². The van der Waals surface area contributed by atoms with Gasteiger partial charge in [0.15, 0.2) is 5.16 Å². The maximum atomic E-state index is 13.3. The summed E-state index contributed by atoms with van der Waals surface area (Å²) in [7, 11) is 1.90. The third-order valence-electron chi connectivity index (χ3n) is 4.89. The Morgan fingerprint density at radius 2 is 1.93 bits per heavy atom. The summed E-state index contributed by atoms with van der Waals surface area (Å²) in [5.74, 6) is 0.754. The van der Waals surface area contributed by atoms with Crippen molar-refractivity contribution in [2.24, 2.45) is 7.05 Å². The predicted octanol–water partition coefficient (Wildman–Crippen LogP) is 5.19. The van der Waals surface area contributed by atoms with Gasteiger partial charge in [-0.1, -0.05) is 78.0 Å². The number of benzene rings is 2. The molecule has 0 radical (unpaired) electrons. The van der Waals surface area contributed by atoms with Gasteiger partial charge in [-0.05, 0) is 18.1 Å². The van der Waals surface area contributed by atoms with Crippen molar-refractivity contribution in [2.75, 3.05) is 0 Å². The molecule has 0 aliphatic rings. The van der Waals surface area contributed by atoms with Crippen LogP contribution >= 0.6 is 11.8 Å². The molecule has 0 fully saturated rings. The standard InChI is InChI=1S/C24H23N3OS/c1-4-13-27-23(28)22-21(20(15-26(22)3)19-11-6-5-7-12-19)25-24(27)29-16-18-10-8-9-17(2)14-18/h4-12,14-15H,1,13,16H2,2-3H3. The molecule has 2 heterocycles. The first kappa shape index (κ1) is 19.3. The van der Waals surface area contributed by atoms with Crippen molar-refractivity contribution in [1.82, 2.24) is 14.1 Å². The van der Waals surface area contributed by atoms with Crippen LogP contribution in [-0.4, -0.2) is 14.1 Å². The average molecular weight is 402 g/mol. The molecule has 4 rings (SSSR count). The first-order valence-corrected chi connectivity index (χ1v) is 10.5. The van der Waals surface area contributed by atoms with Crippen LogP contribution in [0.2, 0.25) is 0 Å². The molecule has 0 amide bonds. The van der Waals surface area contributed by atoms with Crippen molar-refractivity contribution < 1.29 is 0 Å². The lowest BCUT2D eigenvalue weighted by Crippen LogP contribution is -2.24. The van der Waals surface area contributed by atoms with E-state index in [1.807, 2.05) is 48.1 Å². The fourth-order valence-corrected chi connectivity index (χ4v) is 4.47. The molecule has 0 aliphatic heterocycles. The molecule has 0 N–H and O–H groups in total. The Morgan fingerprint density at radius 1 is 1.14 bits per heavy atom. The first-order chi connectivity index (χ1) is 14.1. The van der Waals surface area contributed by atoms with Crippen molar-refractivity contribution in [1.29, 1.82) is 0 Å². The molecule has 0 bridgehead atoms. The normalized spacial score (nSPS) is 11.1. The summed E-state index contributed by atoms with van der Waals surface area (Å²) < 4.78 is 3.59. The second-order valence-electron chi connectivity index (χ2n) is 7.09. The Kier molecular flexibility index (Phi) is 5.41. The Morgan fingerprint density at radius 3 is 2.66 bits per heavy atom. The molecular weight excluding hydrogens is 378 g/mol. The van der Waals surface area contributed by atoms with Gasteiger partial charge >= 0.3 is 0 Å². The molecule has 2 aromatic heterocycles. The summed E-state index contributed by atoms with van der Waals surface area (Å²) >= 11 is 1.59. The molecule has 4 aromatic rings. The van der Waals surface area contributed by atoms with E-state index in [0.717, 1.165) is 22.4 Å². The summed E-state index contributed by atoms with van der Waals surface area (Å²) in [6.45, 7) is 6.34.